The molecule has 2 heterocycles. The standard InChI is InChI=1S/C20H19ClFN3O3S/c1-12-6-7-13(9-16(12)22)23-20(26)14-10-18-17(11-15(14)21)25-8-4-2-3-5-19(25)24-29(18,27)28/h6-7,9-11H,2-5,8H2,1H3,(H,23,26). The first-order valence-electron chi connectivity index (χ1n) is 9.29. The zero-order valence-corrected chi connectivity index (χ0v) is 17.3. The summed E-state index contributed by atoms with van der Waals surface area (Å²) in [5.74, 6) is -0.565. The van der Waals surface area contributed by atoms with Crippen LogP contribution in [-0.4, -0.2) is 26.7 Å². The molecule has 1 N–H and O–H groups in total. The number of anilines is 2. The van der Waals surface area contributed by atoms with E-state index in [4.69, 9.17) is 11.6 Å². The Bertz CT molecular complexity index is 1150. The summed E-state index contributed by atoms with van der Waals surface area (Å²) < 4.78 is 43.2. The summed E-state index contributed by atoms with van der Waals surface area (Å²) in [5, 5.41) is 2.68. The first-order valence-corrected chi connectivity index (χ1v) is 11.1. The summed E-state index contributed by atoms with van der Waals surface area (Å²) >= 11 is 6.35. The van der Waals surface area contributed by atoms with E-state index in [0.717, 1.165) is 19.3 Å². The molecule has 1 amide bonds. The monoisotopic (exact) mass is 435 g/mol. The fourth-order valence-electron chi connectivity index (χ4n) is 3.54. The van der Waals surface area contributed by atoms with Crippen LogP contribution in [0.5, 0.6) is 0 Å². The van der Waals surface area contributed by atoms with Gasteiger partial charge in [0.25, 0.3) is 15.9 Å². The average Bonchev–Trinajstić information content (AvgIpc) is 2.89. The lowest BCUT2D eigenvalue weighted by Crippen LogP contribution is -2.35. The Morgan fingerprint density at radius 2 is 2.00 bits per heavy atom. The second-order valence-corrected chi connectivity index (χ2v) is 9.14. The molecule has 29 heavy (non-hydrogen) atoms. The molecule has 0 aliphatic carbocycles. The smallest absolute Gasteiger partial charge is 0.286 e. The third-order valence-electron chi connectivity index (χ3n) is 5.11. The molecule has 0 atom stereocenters. The Hall–Kier alpha value is -2.45. The Kier molecular flexibility index (Phi) is 5.08. The minimum Gasteiger partial charge on any atom is -0.328 e. The number of nitrogens with one attached hydrogen (secondary N) is 1. The van der Waals surface area contributed by atoms with Crippen molar-refractivity contribution < 1.29 is 17.6 Å². The van der Waals surface area contributed by atoms with E-state index in [1.807, 2.05) is 4.90 Å². The summed E-state index contributed by atoms with van der Waals surface area (Å²) in [7, 11) is -3.94. The second-order valence-electron chi connectivity index (χ2n) is 7.16. The first-order chi connectivity index (χ1) is 13.8. The van der Waals surface area contributed by atoms with Crippen molar-refractivity contribution in [2.45, 2.75) is 37.5 Å². The SMILES string of the molecule is Cc1ccc(NC(=O)c2cc3c(cc2Cl)N2CCCCCC2=NS3(=O)=O)cc1F. The minimum atomic E-state index is -3.94. The van der Waals surface area contributed by atoms with Crippen LogP contribution in [-0.2, 0) is 10.0 Å². The molecule has 9 heteroatoms. The van der Waals surface area contributed by atoms with Gasteiger partial charge in [-0.2, -0.15) is 8.42 Å². The first kappa shape index (κ1) is 19.8. The molecule has 0 unspecified atom stereocenters. The Balaban J connectivity index is 1.73. The molecular weight excluding hydrogens is 417 g/mol. The van der Waals surface area contributed by atoms with Crippen LogP contribution in [0, 0.1) is 12.7 Å². The van der Waals surface area contributed by atoms with E-state index in [1.165, 1.54) is 18.2 Å². The van der Waals surface area contributed by atoms with Gasteiger partial charge in [-0.1, -0.05) is 24.1 Å². The number of rotatable bonds is 2. The van der Waals surface area contributed by atoms with E-state index in [9.17, 15) is 17.6 Å². The van der Waals surface area contributed by atoms with Gasteiger partial charge >= 0.3 is 0 Å². The van der Waals surface area contributed by atoms with E-state index < -0.39 is 21.7 Å². The van der Waals surface area contributed by atoms with Crippen molar-refractivity contribution in [1.29, 1.82) is 0 Å². The van der Waals surface area contributed by atoms with E-state index >= 15 is 0 Å². The number of carbonyl (C=O) groups excluding carboxylic acids is 1. The molecule has 1 fully saturated rings. The summed E-state index contributed by atoms with van der Waals surface area (Å²) in [6, 6.07) is 7.05. The number of sulfonamides is 1. The highest BCUT2D eigenvalue weighted by Crippen LogP contribution is 2.38. The highest BCUT2D eigenvalue weighted by Gasteiger charge is 2.33. The number of amidine groups is 1. The van der Waals surface area contributed by atoms with E-state index in [-0.39, 0.29) is 21.2 Å². The van der Waals surface area contributed by atoms with Gasteiger partial charge in [-0.05, 0) is 49.6 Å². The van der Waals surface area contributed by atoms with Gasteiger partial charge in [0.2, 0.25) is 0 Å². The lowest BCUT2D eigenvalue weighted by molar-refractivity contribution is 0.102. The Labute approximate surface area is 173 Å². The fourth-order valence-corrected chi connectivity index (χ4v) is 5.05. The van der Waals surface area contributed by atoms with E-state index in [1.54, 1.807) is 19.1 Å². The van der Waals surface area contributed by atoms with Crippen molar-refractivity contribution in [3.63, 3.8) is 0 Å². The maximum atomic E-state index is 13.8. The van der Waals surface area contributed by atoms with Gasteiger partial charge in [0.1, 0.15) is 16.5 Å². The van der Waals surface area contributed by atoms with Gasteiger partial charge in [-0.25, -0.2) is 4.39 Å². The number of halogens is 2. The quantitative estimate of drug-likeness (QED) is 0.752. The molecule has 1 saturated heterocycles. The van der Waals surface area contributed by atoms with Gasteiger partial charge in [0.15, 0.2) is 0 Å². The van der Waals surface area contributed by atoms with Gasteiger partial charge in [0, 0.05) is 18.7 Å². The molecule has 0 saturated carbocycles. The summed E-state index contributed by atoms with van der Waals surface area (Å²) in [6.07, 6.45) is 3.36. The molecule has 0 spiro atoms. The Morgan fingerprint density at radius 3 is 2.76 bits per heavy atom. The fraction of sp³-hybridized carbons (Fsp3) is 0.300. The zero-order valence-electron chi connectivity index (χ0n) is 15.7. The normalized spacial score (nSPS) is 17.6. The predicted molar refractivity (Wildman–Crippen MR) is 111 cm³/mol. The molecule has 0 bridgehead atoms. The summed E-state index contributed by atoms with van der Waals surface area (Å²) in [4.78, 5) is 14.5. The minimum absolute atomic E-state index is 0.0107. The second kappa shape index (κ2) is 7.42. The largest absolute Gasteiger partial charge is 0.328 e. The average molecular weight is 436 g/mol. The van der Waals surface area contributed by atoms with Crippen molar-refractivity contribution in [3.8, 4) is 0 Å². The van der Waals surface area contributed by atoms with Crippen molar-refractivity contribution >= 4 is 44.7 Å². The highest BCUT2D eigenvalue weighted by molar-refractivity contribution is 7.90. The van der Waals surface area contributed by atoms with Gasteiger partial charge in [0.05, 0.1) is 16.3 Å². The van der Waals surface area contributed by atoms with Crippen LogP contribution in [0.4, 0.5) is 15.8 Å². The number of aryl methyl sites for hydroxylation is 1. The number of nitrogens with zero attached hydrogens (tertiary/aromatic N) is 2. The lowest BCUT2D eigenvalue weighted by atomic mass is 10.1. The topological polar surface area (TPSA) is 78.8 Å². The third-order valence-corrected chi connectivity index (χ3v) is 6.76. The summed E-state index contributed by atoms with van der Waals surface area (Å²) in [5.41, 5.74) is 1.14. The number of amides is 1. The van der Waals surface area contributed by atoms with Crippen LogP contribution in [0.25, 0.3) is 0 Å². The van der Waals surface area contributed by atoms with Crippen LogP contribution in [0.1, 0.15) is 41.6 Å². The lowest BCUT2D eigenvalue weighted by Gasteiger charge is -2.30. The number of hydrogen-bond acceptors (Lipinski definition) is 4. The predicted octanol–water partition coefficient (Wildman–Crippen LogP) is 4.52. The molecular formula is C20H19ClFN3O3S. The highest BCUT2D eigenvalue weighted by atomic mass is 35.5. The molecule has 4 rings (SSSR count). The van der Waals surface area contributed by atoms with E-state index in [2.05, 4.69) is 9.71 Å². The van der Waals surface area contributed by atoms with Crippen LogP contribution in [0.2, 0.25) is 5.02 Å². The maximum absolute atomic E-state index is 13.8. The number of carbonyl (C=O) groups is 1. The van der Waals surface area contributed by atoms with Crippen molar-refractivity contribution in [3.05, 3.63) is 52.3 Å². The molecule has 2 aliphatic rings. The molecule has 152 valence electrons. The van der Waals surface area contributed by atoms with Crippen molar-refractivity contribution in [2.75, 3.05) is 16.8 Å². The third kappa shape index (κ3) is 3.74. The van der Waals surface area contributed by atoms with Crippen molar-refractivity contribution in [2.24, 2.45) is 4.40 Å². The van der Waals surface area contributed by atoms with Crippen LogP contribution in [0.3, 0.4) is 0 Å². The van der Waals surface area contributed by atoms with Gasteiger partial charge < -0.3 is 10.2 Å². The maximum Gasteiger partial charge on any atom is 0.286 e. The number of benzene rings is 2. The van der Waals surface area contributed by atoms with E-state index in [0.29, 0.717) is 30.1 Å². The van der Waals surface area contributed by atoms with Gasteiger partial charge in [-0.3, -0.25) is 4.79 Å². The van der Waals surface area contributed by atoms with Crippen LogP contribution >= 0.6 is 11.6 Å². The van der Waals surface area contributed by atoms with Crippen molar-refractivity contribution in [1.82, 2.24) is 0 Å². The van der Waals surface area contributed by atoms with Gasteiger partial charge in [-0.15, -0.1) is 4.40 Å². The van der Waals surface area contributed by atoms with Crippen LogP contribution in [0.15, 0.2) is 39.6 Å². The molecule has 6 nitrogen and oxygen atoms in total. The van der Waals surface area contributed by atoms with Crippen LogP contribution < -0.4 is 10.2 Å². The Morgan fingerprint density at radius 1 is 1.21 bits per heavy atom. The number of fused-ring (bicyclic) bond motifs is 3. The molecule has 0 aromatic heterocycles. The molecule has 2 aliphatic heterocycles. The molecule has 2 aromatic rings. The zero-order chi connectivity index (χ0) is 20.8. The molecule has 2 aromatic carbocycles. The number of hydrogen-bond donors (Lipinski definition) is 1. The molecule has 0 radical (unpaired) electrons. The summed E-state index contributed by atoms with van der Waals surface area (Å²) in [6.45, 7) is 2.26.